The van der Waals surface area contributed by atoms with Crippen LogP contribution < -0.4 is 4.90 Å². The zero-order chi connectivity index (χ0) is 21.4. The zero-order valence-corrected chi connectivity index (χ0v) is 16.2. The van der Waals surface area contributed by atoms with Crippen molar-refractivity contribution in [2.75, 3.05) is 4.90 Å². The Morgan fingerprint density at radius 3 is 2.43 bits per heavy atom. The van der Waals surface area contributed by atoms with Crippen LogP contribution in [-0.4, -0.2) is 32.9 Å². The number of nitro benzene ring substituents is 1. The number of fused-ring (bicyclic) bond motifs is 1. The van der Waals surface area contributed by atoms with Gasteiger partial charge in [-0.05, 0) is 42.8 Å². The molecular formula is C19H12N4O6S. The van der Waals surface area contributed by atoms with E-state index < -0.39 is 22.7 Å². The number of benzene rings is 2. The van der Waals surface area contributed by atoms with Gasteiger partial charge < -0.3 is 4.74 Å². The van der Waals surface area contributed by atoms with E-state index in [2.05, 4.69) is 10.2 Å². The first-order valence-corrected chi connectivity index (χ1v) is 9.40. The molecule has 11 heteroatoms. The lowest BCUT2D eigenvalue weighted by atomic mass is 10.1. The third-order valence-corrected chi connectivity index (χ3v) is 5.17. The predicted octanol–water partition coefficient (Wildman–Crippen LogP) is 2.91. The fraction of sp³-hybridized carbons (Fsp3) is 0.105. The minimum atomic E-state index is -0.693. The largest absolute Gasteiger partial charge is 0.457 e. The second kappa shape index (κ2) is 7.44. The van der Waals surface area contributed by atoms with Crippen molar-refractivity contribution in [3.63, 3.8) is 0 Å². The van der Waals surface area contributed by atoms with Crippen molar-refractivity contribution < 1.29 is 24.0 Å². The number of nitrogens with zero attached hydrogens (tertiary/aromatic N) is 4. The fourth-order valence-corrected chi connectivity index (χ4v) is 3.55. The third kappa shape index (κ3) is 3.42. The standard InChI is InChI=1S/C19H12N4O6S/c1-10-20-21-19(30-10)22-16(24)14-7-4-12(8-15(14)17(22)25)18(26)29-9-11-2-5-13(6-3-11)23(27)28/h2-8H,9H2,1H3. The number of aromatic nitrogens is 2. The summed E-state index contributed by atoms with van der Waals surface area (Å²) in [4.78, 5) is 48.7. The summed E-state index contributed by atoms with van der Waals surface area (Å²) in [5.74, 6) is -1.81. The lowest BCUT2D eigenvalue weighted by Gasteiger charge is -2.07. The summed E-state index contributed by atoms with van der Waals surface area (Å²) in [5, 5.41) is 19.1. The third-order valence-electron chi connectivity index (χ3n) is 4.35. The molecular weight excluding hydrogens is 412 g/mol. The number of carbonyl (C=O) groups is 3. The smallest absolute Gasteiger partial charge is 0.338 e. The molecule has 2 heterocycles. The van der Waals surface area contributed by atoms with E-state index in [1.54, 1.807) is 6.92 Å². The number of amides is 2. The average molecular weight is 424 g/mol. The summed E-state index contributed by atoms with van der Waals surface area (Å²) in [6, 6.07) is 9.69. The summed E-state index contributed by atoms with van der Waals surface area (Å²) in [7, 11) is 0. The molecule has 0 fully saturated rings. The van der Waals surface area contributed by atoms with E-state index in [1.807, 2.05) is 0 Å². The van der Waals surface area contributed by atoms with Crippen LogP contribution in [0.3, 0.4) is 0 Å². The molecule has 2 aromatic carbocycles. The number of anilines is 1. The van der Waals surface area contributed by atoms with E-state index in [-0.39, 0.29) is 34.1 Å². The van der Waals surface area contributed by atoms with Gasteiger partial charge in [-0.3, -0.25) is 19.7 Å². The maximum Gasteiger partial charge on any atom is 0.338 e. The molecule has 150 valence electrons. The van der Waals surface area contributed by atoms with Crippen molar-refractivity contribution in [2.24, 2.45) is 0 Å². The Kier molecular flexibility index (Phi) is 4.80. The number of nitro groups is 1. The number of imide groups is 1. The maximum absolute atomic E-state index is 12.7. The minimum Gasteiger partial charge on any atom is -0.457 e. The minimum absolute atomic E-state index is 0.0675. The first kappa shape index (κ1) is 19.3. The SMILES string of the molecule is Cc1nnc(N2C(=O)c3ccc(C(=O)OCc4ccc([N+](=O)[O-])cc4)cc3C2=O)s1. The van der Waals surface area contributed by atoms with E-state index in [0.717, 1.165) is 16.2 Å². The van der Waals surface area contributed by atoms with Gasteiger partial charge >= 0.3 is 5.97 Å². The van der Waals surface area contributed by atoms with Gasteiger partial charge in [-0.25, -0.2) is 9.69 Å². The topological polar surface area (TPSA) is 133 Å². The summed E-state index contributed by atoms with van der Waals surface area (Å²) in [6.07, 6.45) is 0. The van der Waals surface area contributed by atoms with E-state index in [1.165, 1.54) is 42.5 Å². The van der Waals surface area contributed by atoms with Gasteiger partial charge in [0.25, 0.3) is 17.5 Å². The molecule has 0 radical (unpaired) electrons. The van der Waals surface area contributed by atoms with Crippen LogP contribution >= 0.6 is 11.3 Å². The molecule has 0 aliphatic carbocycles. The van der Waals surface area contributed by atoms with Crippen LogP contribution in [0.15, 0.2) is 42.5 Å². The average Bonchev–Trinajstić information content (AvgIpc) is 3.27. The number of hydrogen-bond acceptors (Lipinski definition) is 9. The first-order valence-electron chi connectivity index (χ1n) is 8.58. The Bertz CT molecular complexity index is 1200. The van der Waals surface area contributed by atoms with Crippen molar-refractivity contribution in [2.45, 2.75) is 13.5 Å². The molecule has 0 saturated heterocycles. The summed E-state index contributed by atoms with van der Waals surface area (Å²) in [6.45, 7) is 1.61. The normalized spacial score (nSPS) is 12.8. The molecule has 3 aromatic rings. The van der Waals surface area contributed by atoms with Gasteiger partial charge in [-0.15, -0.1) is 10.2 Å². The highest BCUT2D eigenvalue weighted by Gasteiger charge is 2.39. The second-order valence-corrected chi connectivity index (χ2v) is 7.47. The highest BCUT2D eigenvalue weighted by Crippen LogP contribution is 2.31. The van der Waals surface area contributed by atoms with Crippen LogP contribution in [0.2, 0.25) is 0 Å². The van der Waals surface area contributed by atoms with Crippen molar-refractivity contribution in [1.82, 2.24) is 10.2 Å². The molecule has 0 bridgehead atoms. The summed E-state index contributed by atoms with van der Waals surface area (Å²) >= 11 is 1.11. The van der Waals surface area contributed by atoms with Gasteiger partial charge in [-0.2, -0.15) is 0 Å². The lowest BCUT2D eigenvalue weighted by molar-refractivity contribution is -0.384. The molecule has 0 saturated carbocycles. The zero-order valence-electron chi connectivity index (χ0n) is 15.4. The van der Waals surface area contributed by atoms with E-state index >= 15 is 0 Å². The maximum atomic E-state index is 12.7. The van der Waals surface area contributed by atoms with Gasteiger partial charge in [0.2, 0.25) is 5.13 Å². The molecule has 10 nitrogen and oxygen atoms in total. The molecule has 0 N–H and O–H groups in total. The van der Waals surface area contributed by atoms with Crippen LogP contribution in [0.1, 0.15) is 41.6 Å². The van der Waals surface area contributed by atoms with E-state index in [0.29, 0.717) is 10.6 Å². The van der Waals surface area contributed by atoms with Crippen molar-refractivity contribution in [1.29, 1.82) is 0 Å². The summed E-state index contributed by atoms with van der Waals surface area (Å²) in [5.41, 5.74) is 0.853. The molecule has 1 aromatic heterocycles. The fourth-order valence-electron chi connectivity index (χ4n) is 2.86. The number of rotatable bonds is 5. The number of aryl methyl sites for hydroxylation is 1. The van der Waals surface area contributed by atoms with Crippen LogP contribution in [0.25, 0.3) is 0 Å². The van der Waals surface area contributed by atoms with Crippen LogP contribution in [-0.2, 0) is 11.3 Å². The van der Waals surface area contributed by atoms with Crippen LogP contribution in [0, 0.1) is 17.0 Å². The molecule has 0 atom stereocenters. The molecule has 2 amide bonds. The predicted molar refractivity (Wildman–Crippen MR) is 104 cm³/mol. The number of carbonyl (C=O) groups excluding carboxylic acids is 3. The van der Waals surface area contributed by atoms with Crippen molar-refractivity contribution >= 4 is 39.9 Å². The Labute approximate surface area is 172 Å². The van der Waals surface area contributed by atoms with Crippen molar-refractivity contribution in [3.8, 4) is 0 Å². The summed E-state index contributed by atoms with van der Waals surface area (Å²) < 4.78 is 5.21. The molecule has 4 rings (SSSR count). The lowest BCUT2D eigenvalue weighted by Crippen LogP contribution is -2.29. The second-order valence-electron chi connectivity index (χ2n) is 6.31. The number of esters is 1. The van der Waals surface area contributed by atoms with Gasteiger partial charge in [-0.1, -0.05) is 11.3 Å². The molecule has 1 aliphatic rings. The van der Waals surface area contributed by atoms with Crippen molar-refractivity contribution in [3.05, 3.63) is 79.8 Å². The molecule has 30 heavy (non-hydrogen) atoms. The molecule has 0 spiro atoms. The quantitative estimate of drug-likeness (QED) is 0.264. The Hall–Kier alpha value is -3.99. The Morgan fingerprint density at radius 1 is 1.10 bits per heavy atom. The highest BCUT2D eigenvalue weighted by atomic mass is 32.1. The monoisotopic (exact) mass is 424 g/mol. The molecule has 0 unspecified atom stereocenters. The molecule has 1 aliphatic heterocycles. The van der Waals surface area contributed by atoms with Crippen LogP contribution in [0.5, 0.6) is 0 Å². The van der Waals surface area contributed by atoms with Gasteiger partial charge in [0, 0.05) is 12.1 Å². The first-order chi connectivity index (χ1) is 14.3. The number of non-ortho nitro benzene ring substituents is 1. The van der Waals surface area contributed by atoms with Gasteiger partial charge in [0.05, 0.1) is 21.6 Å². The van der Waals surface area contributed by atoms with Gasteiger partial charge in [0.1, 0.15) is 11.6 Å². The van der Waals surface area contributed by atoms with E-state index in [4.69, 9.17) is 4.74 Å². The van der Waals surface area contributed by atoms with E-state index in [9.17, 15) is 24.5 Å². The number of hydrogen-bond donors (Lipinski definition) is 0. The van der Waals surface area contributed by atoms with Gasteiger partial charge in [0.15, 0.2) is 0 Å². The van der Waals surface area contributed by atoms with Crippen LogP contribution in [0.4, 0.5) is 10.8 Å². The number of ether oxygens (including phenoxy) is 1. The highest BCUT2D eigenvalue weighted by molar-refractivity contribution is 7.15. The Morgan fingerprint density at radius 2 is 1.80 bits per heavy atom. The Balaban J connectivity index is 1.50.